The molecule has 2 aromatic rings. The smallest absolute Gasteiger partial charge is 0.265 e. The van der Waals surface area contributed by atoms with Crippen LogP contribution < -0.4 is 14.2 Å². The number of anilines is 1. The molecule has 0 aromatic heterocycles. The van der Waals surface area contributed by atoms with E-state index in [2.05, 4.69) is 4.72 Å². The molecule has 0 aliphatic heterocycles. The Kier molecular flexibility index (Phi) is 5.06. The summed E-state index contributed by atoms with van der Waals surface area (Å²) in [5.41, 5.74) is 1.87. The van der Waals surface area contributed by atoms with Crippen molar-refractivity contribution >= 4 is 27.3 Å². The molecule has 0 heterocycles. The van der Waals surface area contributed by atoms with Crippen molar-refractivity contribution < 1.29 is 17.9 Å². The van der Waals surface area contributed by atoms with Crippen LogP contribution in [0.15, 0.2) is 35.2 Å². The summed E-state index contributed by atoms with van der Waals surface area (Å²) >= 11 is 6.04. The maximum absolute atomic E-state index is 12.7. The molecule has 0 atom stereocenters. The molecule has 0 bridgehead atoms. The Hall–Kier alpha value is -1.92. The van der Waals surface area contributed by atoms with Gasteiger partial charge in [0.25, 0.3) is 10.0 Å². The highest BCUT2D eigenvalue weighted by Crippen LogP contribution is 2.34. The second kappa shape index (κ2) is 6.68. The van der Waals surface area contributed by atoms with Crippen molar-refractivity contribution in [2.75, 3.05) is 18.9 Å². The van der Waals surface area contributed by atoms with Crippen LogP contribution >= 0.6 is 11.6 Å². The maximum Gasteiger partial charge on any atom is 0.265 e. The molecular formula is C16H18ClNO4S. The molecule has 0 radical (unpaired) electrons. The second-order valence-corrected chi connectivity index (χ2v) is 7.12. The van der Waals surface area contributed by atoms with E-state index < -0.39 is 10.0 Å². The number of aryl methyl sites for hydroxylation is 2. The SMILES string of the molecule is COc1cc(Cl)c(C)cc1NS(=O)(=O)c1cc(C)ccc1OC. The van der Waals surface area contributed by atoms with Crippen LogP contribution in [0.25, 0.3) is 0 Å². The number of halogens is 1. The summed E-state index contributed by atoms with van der Waals surface area (Å²) in [6.45, 7) is 3.60. The molecule has 2 rings (SSSR count). The summed E-state index contributed by atoms with van der Waals surface area (Å²) in [6.07, 6.45) is 0. The number of rotatable bonds is 5. The van der Waals surface area contributed by atoms with Crippen LogP contribution in [0.4, 0.5) is 5.69 Å². The second-order valence-electron chi connectivity index (χ2n) is 5.06. The highest BCUT2D eigenvalue weighted by molar-refractivity contribution is 7.92. The Balaban J connectivity index is 2.51. The zero-order valence-corrected chi connectivity index (χ0v) is 14.9. The highest BCUT2D eigenvalue weighted by atomic mass is 35.5. The van der Waals surface area contributed by atoms with E-state index in [1.165, 1.54) is 14.2 Å². The van der Waals surface area contributed by atoms with Gasteiger partial charge in [-0.1, -0.05) is 17.7 Å². The minimum Gasteiger partial charge on any atom is -0.495 e. The molecule has 0 amide bonds. The Morgan fingerprint density at radius 2 is 1.65 bits per heavy atom. The van der Waals surface area contributed by atoms with Gasteiger partial charge >= 0.3 is 0 Å². The van der Waals surface area contributed by atoms with Crippen LogP contribution in [0.5, 0.6) is 11.5 Å². The maximum atomic E-state index is 12.7. The molecule has 0 aliphatic rings. The monoisotopic (exact) mass is 355 g/mol. The normalized spacial score (nSPS) is 11.2. The molecule has 124 valence electrons. The van der Waals surface area contributed by atoms with E-state index in [1.807, 2.05) is 6.92 Å². The molecule has 0 saturated heterocycles. The zero-order chi connectivity index (χ0) is 17.2. The van der Waals surface area contributed by atoms with Crippen molar-refractivity contribution in [2.24, 2.45) is 0 Å². The Morgan fingerprint density at radius 3 is 2.26 bits per heavy atom. The van der Waals surface area contributed by atoms with Gasteiger partial charge in [0.15, 0.2) is 0 Å². The van der Waals surface area contributed by atoms with E-state index in [-0.39, 0.29) is 10.6 Å². The molecule has 0 saturated carbocycles. The van der Waals surface area contributed by atoms with E-state index in [0.29, 0.717) is 16.5 Å². The first-order valence-corrected chi connectivity index (χ1v) is 8.66. The fourth-order valence-corrected chi connectivity index (χ4v) is 3.58. The fraction of sp³-hybridized carbons (Fsp3) is 0.250. The summed E-state index contributed by atoms with van der Waals surface area (Å²) < 4.78 is 38.3. The summed E-state index contributed by atoms with van der Waals surface area (Å²) in [5, 5.41) is 0.498. The quantitative estimate of drug-likeness (QED) is 0.886. The molecule has 23 heavy (non-hydrogen) atoms. The molecular weight excluding hydrogens is 338 g/mol. The minimum atomic E-state index is -3.84. The van der Waals surface area contributed by atoms with Gasteiger partial charge in [-0.05, 0) is 43.2 Å². The van der Waals surface area contributed by atoms with Crippen LogP contribution in [-0.4, -0.2) is 22.6 Å². The third-order valence-corrected chi connectivity index (χ3v) is 5.13. The highest BCUT2D eigenvalue weighted by Gasteiger charge is 2.22. The van der Waals surface area contributed by atoms with Gasteiger partial charge in [-0.2, -0.15) is 0 Å². The topological polar surface area (TPSA) is 64.6 Å². The lowest BCUT2D eigenvalue weighted by Crippen LogP contribution is -2.15. The van der Waals surface area contributed by atoms with Gasteiger partial charge < -0.3 is 9.47 Å². The molecule has 1 N–H and O–H groups in total. The van der Waals surface area contributed by atoms with E-state index in [0.717, 1.165) is 11.1 Å². The van der Waals surface area contributed by atoms with Crippen molar-refractivity contribution in [3.63, 3.8) is 0 Å². The lowest BCUT2D eigenvalue weighted by molar-refractivity contribution is 0.402. The summed E-state index contributed by atoms with van der Waals surface area (Å²) in [4.78, 5) is 0.0645. The average Bonchev–Trinajstić information content (AvgIpc) is 2.50. The van der Waals surface area contributed by atoms with Crippen molar-refractivity contribution in [1.82, 2.24) is 0 Å². The number of hydrogen-bond acceptors (Lipinski definition) is 4. The molecule has 0 fully saturated rings. The van der Waals surface area contributed by atoms with E-state index >= 15 is 0 Å². The average molecular weight is 356 g/mol. The van der Waals surface area contributed by atoms with Crippen LogP contribution in [0.1, 0.15) is 11.1 Å². The van der Waals surface area contributed by atoms with E-state index in [4.69, 9.17) is 21.1 Å². The van der Waals surface area contributed by atoms with Gasteiger partial charge in [-0.15, -0.1) is 0 Å². The summed E-state index contributed by atoms with van der Waals surface area (Å²) in [5.74, 6) is 0.614. The first kappa shape index (κ1) is 17.4. The molecule has 7 heteroatoms. The van der Waals surface area contributed by atoms with Gasteiger partial charge in [0, 0.05) is 11.1 Å². The third kappa shape index (κ3) is 3.71. The number of ether oxygens (including phenoxy) is 2. The fourth-order valence-electron chi connectivity index (χ4n) is 2.11. The van der Waals surface area contributed by atoms with Crippen LogP contribution in [0, 0.1) is 13.8 Å². The van der Waals surface area contributed by atoms with Crippen LogP contribution in [-0.2, 0) is 10.0 Å². The van der Waals surface area contributed by atoms with Gasteiger partial charge in [0.05, 0.1) is 19.9 Å². The lowest BCUT2D eigenvalue weighted by Gasteiger charge is -2.15. The number of hydrogen-bond donors (Lipinski definition) is 1. The van der Waals surface area contributed by atoms with E-state index in [9.17, 15) is 8.42 Å². The number of sulfonamides is 1. The van der Waals surface area contributed by atoms with Gasteiger partial charge in [-0.25, -0.2) is 8.42 Å². The third-order valence-electron chi connectivity index (χ3n) is 3.33. The minimum absolute atomic E-state index is 0.0645. The Bertz CT molecular complexity index is 834. The predicted molar refractivity (Wildman–Crippen MR) is 91.3 cm³/mol. The largest absolute Gasteiger partial charge is 0.495 e. The van der Waals surface area contributed by atoms with Crippen molar-refractivity contribution in [3.05, 3.63) is 46.5 Å². The van der Waals surface area contributed by atoms with Gasteiger partial charge in [0.2, 0.25) is 0 Å². The lowest BCUT2D eigenvalue weighted by atomic mass is 10.2. The van der Waals surface area contributed by atoms with Crippen LogP contribution in [0.3, 0.4) is 0 Å². The summed E-state index contributed by atoms with van der Waals surface area (Å²) in [6, 6.07) is 8.15. The van der Waals surface area contributed by atoms with Crippen molar-refractivity contribution in [2.45, 2.75) is 18.7 Å². The van der Waals surface area contributed by atoms with Gasteiger partial charge in [0.1, 0.15) is 16.4 Å². The standard InChI is InChI=1S/C16H18ClNO4S/c1-10-5-6-14(21-3)16(7-10)23(19,20)18-13-8-11(2)12(17)9-15(13)22-4/h5-9,18H,1-4H3. The predicted octanol–water partition coefficient (Wildman–Crippen LogP) is 3.77. The zero-order valence-electron chi connectivity index (χ0n) is 13.3. The number of nitrogens with one attached hydrogen (secondary N) is 1. The Morgan fingerprint density at radius 1 is 1.00 bits per heavy atom. The molecule has 0 unspecified atom stereocenters. The molecule has 0 spiro atoms. The number of benzene rings is 2. The van der Waals surface area contributed by atoms with Crippen molar-refractivity contribution in [1.29, 1.82) is 0 Å². The van der Waals surface area contributed by atoms with E-state index in [1.54, 1.807) is 37.3 Å². The Labute approximate surface area is 141 Å². The summed E-state index contributed by atoms with van der Waals surface area (Å²) in [7, 11) is -0.961. The van der Waals surface area contributed by atoms with Crippen molar-refractivity contribution in [3.8, 4) is 11.5 Å². The van der Waals surface area contributed by atoms with Gasteiger partial charge in [-0.3, -0.25) is 4.72 Å². The number of methoxy groups -OCH3 is 2. The molecule has 5 nitrogen and oxygen atoms in total. The first-order valence-electron chi connectivity index (χ1n) is 6.80. The van der Waals surface area contributed by atoms with Crippen LogP contribution in [0.2, 0.25) is 5.02 Å². The molecule has 2 aromatic carbocycles. The first-order chi connectivity index (χ1) is 10.8. The molecule has 0 aliphatic carbocycles.